The van der Waals surface area contributed by atoms with Gasteiger partial charge in [-0.05, 0) is 99.8 Å². The first kappa shape index (κ1) is 23.3. The molecular formula is C27H33FN4O. The Morgan fingerprint density at radius 3 is 2.61 bits per heavy atom. The van der Waals surface area contributed by atoms with Crippen molar-refractivity contribution in [2.45, 2.75) is 51.0 Å². The SMILES string of the molecule is N#Cc1cccc(NC(=O)N2CCCCC2CCN2CCC(Cc3ccc(F)cc3)CC2)c1. The average molecular weight is 449 g/mol. The van der Waals surface area contributed by atoms with Gasteiger partial charge in [0.1, 0.15) is 5.82 Å². The Kier molecular flexibility index (Phi) is 7.96. The number of piperidine rings is 2. The number of urea groups is 1. The summed E-state index contributed by atoms with van der Waals surface area (Å²) in [6.45, 7) is 3.98. The molecule has 2 aromatic rings. The molecule has 0 spiro atoms. The van der Waals surface area contributed by atoms with Gasteiger partial charge in [-0.25, -0.2) is 9.18 Å². The molecule has 5 nitrogen and oxygen atoms in total. The van der Waals surface area contributed by atoms with E-state index in [4.69, 9.17) is 5.26 Å². The van der Waals surface area contributed by atoms with Gasteiger partial charge in [-0.2, -0.15) is 5.26 Å². The van der Waals surface area contributed by atoms with Crippen LogP contribution in [0.4, 0.5) is 14.9 Å². The zero-order chi connectivity index (χ0) is 23.0. The molecule has 0 radical (unpaired) electrons. The number of nitrogens with one attached hydrogen (secondary N) is 1. The van der Waals surface area contributed by atoms with Crippen molar-refractivity contribution in [2.75, 3.05) is 31.5 Å². The van der Waals surface area contributed by atoms with Crippen LogP contribution >= 0.6 is 0 Å². The van der Waals surface area contributed by atoms with Gasteiger partial charge in [0.2, 0.25) is 0 Å². The monoisotopic (exact) mass is 448 g/mol. The maximum atomic E-state index is 13.1. The smallest absolute Gasteiger partial charge is 0.322 e. The van der Waals surface area contributed by atoms with E-state index < -0.39 is 0 Å². The highest BCUT2D eigenvalue weighted by Gasteiger charge is 2.28. The standard InChI is InChI=1S/C27H33FN4O/c28-24-9-7-21(8-10-24)18-22-11-15-31(16-12-22)17-13-26-6-1-2-14-32(26)27(33)30-25-5-3-4-23(19-25)20-29/h3-5,7-10,19,22,26H,1-2,6,11-18H2,(H,30,33). The van der Waals surface area contributed by atoms with E-state index in [1.54, 1.807) is 30.3 Å². The summed E-state index contributed by atoms with van der Waals surface area (Å²) in [6.07, 6.45) is 7.61. The number of nitriles is 1. The van der Waals surface area contributed by atoms with Crippen molar-refractivity contribution in [3.8, 4) is 6.07 Å². The first-order valence-electron chi connectivity index (χ1n) is 12.2. The van der Waals surface area contributed by atoms with E-state index >= 15 is 0 Å². The Balaban J connectivity index is 1.24. The van der Waals surface area contributed by atoms with Crippen LogP contribution in [-0.2, 0) is 6.42 Å². The fraction of sp³-hybridized carbons (Fsp3) is 0.481. The number of halogens is 1. The third kappa shape index (κ3) is 6.55. The van der Waals surface area contributed by atoms with Gasteiger partial charge < -0.3 is 15.1 Å². The van der Waals surface area contributed by atoms with Gasteiger partial charge in [-0.3, -0.25) is 0 Å². The van der Waals surface area contributed by atoms with E-state index in [9.17, 15) is 9.18 Å². The Bertz CT molecular complexity index is 963. The van der Waals surface area contributed by atoms with Crippen molar-refractivity contribution in [3.63, 3.8) is 0 Å². The molecule has 0 saturated carbocycles. The number of amides is 2. The lowest BCUT2D eigenvalue weighted by atomic mass is 9.90. The first-order chi connectivity index (χ1) is 16.1. The zero-order valence-corrected chi connectivity index (χ0v) is 19.2. The van der Waals surface area contributed by atoms with E-state index in [-0.39, 0.29) is 17.9 Å². The number of hydrogen-bond donors (Lipinski definition) is 1. The molecule has 1 N–H and O–H groups in total. The van der Waals surface area contributed by atoms with Crippen molar-refractivity contribution in [2.24, 2.45) is 5.92 Å². The summed E-state index contributed by atoms with van der Waals surface area (Å²) in [5.41, 5.74) is 2.44. The minimum Gasteiger partial charge on any atom is -0.322 e. The summed E-state index contributed by atoms with van der Waals surface area (Å²) in [5, 5.41) is 12.1. The third-order valence-corrected chi connectivity index (χ3v) is 7.05. The predicted octanol–water partition coefficient (Wildman–Crippen LogP) is 5.43. The quantitative estimate of drug-likeness (QED) is 0.641. The molecule has 2 aromatic carbocycles. The van der Waals surface area contributed by atoms with Crippen molar-refractivity contribution in [1.82, 2.24) is 9.80 Å². The van der Waals surface area contributed by atoms with Crippen LogP contribution in [0.3, 0.4) is 0 Å². The number of carbonyl (C=O) groups is 1. The van der Waals surface area contributed by atoms with Crippen LogP contribution in [0.5, 0.6) is 0 Å². The summed E-state index contributed by atoms with van der Waals surface area (Å²) in [7, 11) is 0. The Hall–Kier alpha value is -2.91. The van der Waals surface area contributed by atoms with Gasteiger partial charge in [0.15, 0.2) is 0 Å². The zero-order valence-electron chi connectivity index (χ0n) is 19.2. The molecule has 0 bridgehead atoms. The molecule has 1 atom stereocenters. The average Bonchev–Trinajstić information content (AvgIpc) is 2.85. The maximum Gasteiger partial charge on any atom is 0.322 e. The van der Waals surface area contributed by atoms with E-state index in [1.807, 2.05) is 23.1 Å². The van der Waals surface area contributed by atoms with Crippen LogP contribution < -0.4 is 5.32 Å². The molecule has 2 amide bonds. The van der Waals surface area contributed by atoms with Crippen molar-refractivity contribution < 1.29 is 9.18 Å². The molecule has 4 rings (SSSR count). The highest BCUT2D eigenvalue weighted by atomic mass is 19.1. The lowest BCUT2D eigenvalue weighted by molar-refractivity contribution is 0.132. The molecule has 2 fully saturated rings. The molecule has 2 saturated heterocycles. The van der Waals surface area contributed by atoms with Crippen molar-refractivity contribution >= 4 is 11.7 Å². The lowest BCUT2D eigenvalue weighted by Gasteiger charge is -2.38. The summed E-state index contributed by atoms with van der Waals surface area (Å²) in [5.74, 6) is 0.488. The second-order valence-electron chi connectivity index (χ2n) is 9.37. The maximum absolute atomic E-state index is 13.1. The van der Waals surface area contributed by atoms with Gasteiger partial charge in [-0.1, -0.05) is 18.2 Å². The summed E-state index contributed by atoms with van der Waals surface area (Å²) >= 11 is 0. The second-order valence-corrected chi connectivity index (χ2v) is 9.37. The topological polar surface area (TPSA) is 59.4 Å². The molecule has 0 aliphatic carbocycles. The number of hydrogen-bond acceptors (Lipinski definition) is 3. The Morgan fingerprint density at radius 1 is 1.06 bits per heavy atom. The second kappa shape index (κ2) is 11.3. The lowest BCUT2D eigenvalue weighted by Crippen LogP contribution is -2.47. The molecule has 1 unspecified atom stereocenters. The van der Waals surface area contributed by atoms with Crippen LogP contribution in [0.25, 0.3) is 0 Å². The van der Waals surface area contributed by atoms with Crippen LogP contribution in [0.15, 0.2) is 48.5 Å². The molecule has 6 heteroatoms. The number of nitrogens with zero attached hydrogens (tertiary/aromatic N) is 3. The number of anilines is 1. The number of rotatable bonds is 6. The van der Waals surface area contributed by atoms with Crippen molar-refractivity contribution in [3.05, 3.63) is 65.5 Å². The molecule has 2 aliphatic rings. The van der Waals surface area contributed by atoms with Gasteiger partial charge in [0.25, 0.3) is 0 Å². The molecular weight excluding hydrogens is 415 g/mol. The summed E-state index contributed by atoms with van der Waals surface area (Å²) in [6, 6.07) is 16.3. The third-order valence-electron chi connectivity index (χ3n) is 7.05. The summed E-state index contributed by atoms with van der Waals surface area (Å²) < 4.78 is 13.1. The minimum absolute atomic E-state index is 0.0622. The van der Waals surface area contributed by atoms with Crippen LogP contribution in [0.1, 0.15) is 49.7 Å². The molecule has 2 heterocycles. The molecule has 33 heavy (non-hydrogen) atoms. The van der Waals surface area contributed by atoms with Crippen molar-refractivity contribution in [1.29, 1.82) is 5.26 Å². The summed E-state index contributed by atoms with van der Waals surface area (Å²) in [4.78, 5) is 17.5. The number of carbonyl (C=O) groups excluding carboxylic acids is 1. The van der Waals surface area contributed by atoms with Crippen LogP contribution in [-0.4, -0.2) is 48.1 Å². The van der Waals surface area contributed by atoms with Gasteiger partial charge >= 0.3 is 6.03 Å². The fourth-order valence-electron chi connectivity index (χ4n) is 5.13. The highest BCUT2D eigenvalue weighted by Crippen LogP contribution is 2.25. The van der Waals surface area contributed by atoms with E-state index in [0.29, 0.717) is 17.2 Å². The van der Waals surface area contributed by atoms with E-state index in [2.05, 4.69) is 16.3 Å². The highest BCUT2D eigenvalue weighted by molar-refractivity contribution is 5.89. The van der Waals surface area contributed by atoms with Gasteiger partial charge in [0, 0.05) is 24.8 Å². The molecule has 174 valence electrons. The first-order valence-corrected chi connectivity index (χ1v) is 12.2. The van der Waals surface area contributed by atoms with Gasteiger partial charge in [-0.15, -0.1) is 0 Å². The van der Waals surface area contributed by atoms with Gasteiger partial charge in [0.05, 0.1) is 11.6 Å². The normalized spacial score (nSPS) is 19.8. The van der Waals surface area contributed by atoms with Crippen LogP contribution in [0, 0.1) is 23.1 Å². The minimum atomic E-state index is -0.172. The fourth-order valence-corrected chi connectivity index (χ4v) is 5.13. The Labute approximate surface area is 196 Å². The molecule has 0 aromatic heterocycles. The predicted molar refractivity (Wildman–Crippen MR) is 128 cm³/mol. The van der Waals surface area contributed by atoms with Crippen LogP contribution in [0.2, 0.25) is 0 Å². The number of likely N-dealkylation sites (tertiary alicyclic amines) is 2. The van der Waals surface area contributed by atoms with E-state index in [1.165, 1.54) is 18.4 Å². The van der Waals surface area contributed by atoms with E-state index in [0.717, 1.165) is 58.3 Å². The largest absolute Gasteiger partial charge is 0.322 e. The Morgan fingerprint density at radius 2 is 1.85 bits per heavy atom. The number of benzene rings is 2. The molecule has 2 aliphatic heterocycles.